The molecule has 8 nitrogen and oxygen atoms in total. The third-order valence-corrected chi connectivity index (χ3v) is 4.81. The lowest BCUT2D eigenvalue weighted by molar-refractivity contribution is -0.384. The smallest absolute Gasteiger partial charge is 0.295 e. The summed E-state index contributed by atoms with van der Waals surface area (Å²) in [5, 5.41) is 11.0. The van der Waals surface area contributed by atoms with Gasteiger partial charge in [0.1, 0.15) is 17.3 Å². The van der Waals surface area contributed by atoms with Gasteiger partial charge in [0.15, 0.2) is 5.78 Å². The molecule has 1 aliphatic rings. The highest BCUT2D eigenvalue weighted by molar-refractivity contribution is 6.01. The number of nitrogens with zero attached hydrogens (tertiary/aromatic N) is 3. The second kappa shape index (κ2) is 7.82. The molecule has 1 fully saturated rings. The molecule has 0 radical (unpaired) electrons. The maximum atomic E-state index is 14.3. The van der Waals surface area contributed by atoms with Crippen molar-refractivity contribution in [1.82, 2.24) is 4.90 Å². The van der Waals surface area contributed by atoms with Gasteiger partial charge < -0.3 is 15.5 Å². The van der Waals surface area contributed by atoms with Crippen LogP contribution in [0.2, 0.25) is 0 Å². The lowest BCUT2D eigenvalue weighted by Gasteiger charge is -2.36. The summed E-state index contributed by atoms with van der Waals surface area (Å²) in [6.07, 6.45) is 0. The predicted molar refractivity (Wildman–Crippen MR) is 102 cm³/mol. The highest BCUT2D eigenvalue weighted by Crippen LogP contribution is 2.29. The van der Waals surface area contributed by atoms with Crippen LogP contribution in [0.15, 0.2) is 30.3 Å². The van der Waals surface area contributed by atoms with E-state index in [4.69, 9.17) is 5.73 Å². The third-order valence-electron chi connectivity index (χ3n) is 4.81. The maximum absolute atomic E-state index is 14.3. The normalized spacial score (nSPS) is 14.0. The van der Waals surface area contributed by atoms with Crippen LogP contribution in [0.1, 0.15) is 27.6 Å². The van der Waals surface area contributed by atoms with Crippen LogP contribution in [0.25, 0.3) is 0 Å². The minimum absolute atomic E-state index is 0.191. The van der Waals surface area contributed by atoms with Gasteiger partial charge in [0.2, 0.25) is 0 Å². The molecule has 29 heavy (non-hydrogen) atoms. The Labute approximate surface area is 164 Å². The Morgan fingerprint density at radius 3 is 2.31 bits per heavy atom. The second-order valence-electron chi connectivity index (χ2n) is 6.64. The van der Waals surface area contributed by atoms with Gasteiger partial charge in [-0.2, -0.15) is 0 Å². The van der Waals surface area contributed by atoms with Crippen molar-refractivity contribution in [3.8, 4) is 0 Å². The molecule has 2 aromatic carbocycles. The van der Waals surface area contributed by atoms with Gasteiger partial charge in [-0.25, -0.2) is 8.78 Å². The number of hydrogen-bond acceptors (Lipinski definition) is 6. The summed E-state index contributed by atoms with van der Waals surface area (Å²) in [5.74, 6) is -2.34. The van der Waals surface area contributed by atoms with Crippen LogP contribution in [-0.4, -0.2) is 47.7 Å². The van der Waals surface area contributed by atoms with E-state index in [1.165, 1.54) is 30.0 Å². The molecule has 10 heteroatoms. The Morgan fingerprint density at radius 2 is 1.76 bits per heavy atom. The molecule has 2 aromatic rings. The van der Waals surface area contributed by atoms with Crippen LogP contribution in [0, 0.1) is 21.7 Å². The van der Waals surface area contributed by atoms with E-state index < -0.39 is 33.8 Å². The topological polar surface area (TPSA) is 110 Å². The van der Waals surface area contributed by atoms with E-state index >= 15 is 0 Å². The lowest BCUT2D eigenvalue weighted by Crippen LogP contribution is -2.49. The highest BCUT2D eigenvalue weighted by Gasteiger charge is 2.28. The fourth-order valence-electron chi connectivity index (χ4n) is 3.23. The summed E-state index contributed by atoms with van der Waals surface area (Å²) in [6.45, 7) is 2.31. The first-order valence-corrected chi connectivity index (χ1v) is 8.77. The molecule has 0 aromatic heterocycles. The summed E-state index contributed by atoms with van der Waals surface area (Å²) < 4.78 is 28.0. The molecular formula is C19H18F2N4O4. The molecule has 1 heterocycles. The number of nitro benzene ring substituents is 1. The van der Waals surface area contributed by atoms with Gasteiger partial charge in [-0.05, 0) is 31.2 Å². The summed E-state index contributed by atoms with van der Waals surface area (Å²) in [4.78, 5) is 37.3. The van der Waals surface area contributed by atoms with Gasteiger partial charge in [-0.15, -0.1) is 0 Å². The summed E-state index contributed by atoms with van der Waals surface area (Å²) in [5.41, 5.74) is 4.93. The van der Waals surface area contributed by atoms with Gasteiger partial charge in [0.05, 0.1) is 22.2 Å². The first kappa shape index (κ1) is 20.2. The minimum atomic E-state index is -0.930. The lowest BCUT2D eigenvalue weighted by atomic mass is 10.1. The molecule has 0 atom stereocenters. The average molecular weight is 404 g/mol. The molecule has 3 rings (SSSR count). The van der Waals surface area contributed by atoms with Crippen molar-refractivity contribution in [1.29, 1.82) is 0 Å². The van der Waals surface area contributed by atoms with Crippen LogP contribution >= 0.6 is 0 Å². The fraction of sp³-hybridized carbons (Fsp3) is 0.263. The minimum Gasteiger partial charge on any atom is -0.393 e. The standard InChI is InChI=1S/C19H18F2N4O4/c1-11(26)12-2-3-16(15(21)8-12)23-4-6-24(7-5-23)19(27)14-9-13(20)10-17(18(14)22)25(28)29/h2-3,8-10H,4-7,22H2,1H3. The molecule has 1 aliphatic heterocycles. The van der Waals surface area contributed by atoms with Crippen molar-refractivity contribution in [2.24, 2.45) is 0 Å². The molecule has 0 unspecified atom stereocenters. The summed E-state index contributed by atoms with van der Waals surface area (Å²) >= 11 is 0. The zero-order chi connectivity index (χ0) is 21.3. The Morgan fingerprint density at radius 1 is 1.10 bits per heavy atom. The van der Waals surface area contributed by atoms with E-state index in [9.17, 15) is 28.5 Å². The summed E-state index contributed by atoms with van der Waals surface area (Å²) in [6, 6.07) is 5.75. The first-order chi connectivity index (χ1) is 13.7. The number of carbonyl (C=O) groups is 2. The van der Waals surface area contributed by atoms with Crippen LogP contribution < -0.4 is 10.6 Å². The van der Waals surface area contributed by atoms with Crippen molar-refractivity contribution in [2.75, 3.05) is 36.8 Å². The number of hydrogen-bond donors (Lipinski definition) is 1. The number of piperazine rings is 1. The number of anilines is 2. The molecule has 0 bridgehead atoms. The van der Waals surface area contributed by atoms with E-state index in [0.29, 0.717) is 24.8 Å². The molecule has 0 spiro atoms. The zero-order valence-electron chi connectivity index (χ0n) is 15.5. The zero-order valence-corrected chi connectivity index (χ0v) is 15.5. The molecule has 0 aliphatic carbocycles. The number of nitrogen functional groups attached to an aromatic ring is 1. The van der Waals surface area contributed by atoms with Crippen LogP contribution in [0.3, 0.4) is 0 Å². The molecule has 152 valence electrons. The van der Waals surface area contributed by atoms with E-state index in [2.05, 4.69) is 0 Å². The number of nitrogens with two attached hydrogens (primary N) is 1. The Balaban J connectivity index is 1.75. The van der Waals surface area contributed by atoms with Crippen LogP contribution in [-0.2, 0) is 0 Å². The van der Waals surface area contributed by atoms with E-state index in [-0.39, 0.29) is 30.0 Å². The van der Waals surface area contributed by atoms with Gasteiger partial charge in [-0.1, -0.05) is 0 Å². The van der Waals surface area contributed by atoms with Gasteiger partial charge in [0.25, 0.3) is 11.6 Å². The SMILES string of the molecule is CC(=O)c1ccc(N2CCN(C(=O)c3cc(F)cc([N+](=O)[O-])c3N)CC2)c(F)c1. The monoisotopic (exact) mass is 404 g/mol. The highest BCUT2D eigenvalue weighted by atomic mass is 19.1. The number of ketones is 1. The van der Waals surface area contributed by atoms with Gasteiger partial charge >= 0.3 is 0 Å². The van der Waals surface area contributed by atoms with Gasteiger partial charge in [-0.3, -0.25) is 19.7 Å². The molecule has 2 N–H and O–H groups in total. The molecule has 1 saturated heterocycles. The number of Topliss-reactive ketones (excluding diaryl/α,β-unsaturated/α-hetero) is 1. The van der Waals surface area contributed by atoms with E-state index in [1.54, 1.807) is 4.90 Å². The number of rotatable bonds is 4. The second-order valence-corrected chi connectivity index (χ2v) is 6.64. The predicted octanol–water partition coefficient (Wildman–Crippen LogP) is 2.62. The summed E-state index contributed by atoms with van der Waals surface area (Å²) in [7, 11) is 0. The number of benzene rings is 2. The van der Waals surface area contributed by atoms with Crippen LogP contribution in [0.5, 0.6) is 0 Å². The fourth-order valence-corrected chi connectivity index (χ4v) is 3.23. The number of nitro groups is 1. The first-order valence-electron chi connectivity index (χ1n) is 8.77. The van der Waals surface area contributed by atoms with Gasteiger partial charge in [0, 0.05) is 31.7 Å². The Bertz CT molecular complexity index is 1000. The van der Waals surface area contributed by atoms with Crippen molar-refractivity contribution < 1.29 is 23.3 Å². The van der Waals surface area contributed by atoms with Crippen LogP contribution in [0.4, 0.5) is 25.8 Å². The number of amides is 1. The number of halogens is 2. The maximum Gasteiger partial charge on any atom is 0.295 e. The molecule has 1 amide bonds. The third kappa shape index (κ3) is 4.00. The Hall–Kier alpha value is -3.56. The Kier molecular flexibility index (Phi) is 5.44. The molecule has 0 saturated carbocycles. The van der Waals surface area contributed by atoms with E-state index in [1.807, 2.05) is 0 Å². The largest absolute Gasteiger partial charge is 0.393 e. The van der Waals surface area contributed by atoms with Crippen molar-refractivity contribution >= 4 is 28.8 Å². The average Bonchev–Trinajstić information content (AvgIpc) is 2.68. The van der Waals surface area contributed by atoms with Crippen molar-refractivity contribution in [3.05, 3.63) is 63.2 Å². The number of carbonyl (C=O) groups excluding carboxylic acids is 2. The van der Waals surface area contributed by atoms with E-state index in [0.717, 1.165) is 6.07 Å². The van der Waals surface area contributed by atoms with Crippen molar-refractivity contribution in [3.63, 3.8) is 0 Å². The molecular weight excluding hydrogens is 386 g/mol. The quantitative estimate of drug-likeness (QED) is 0.363. The van der Waals surface area contributed by atoms with Crippen molar-refractivity contribution in [2.45, 2.75) is 6.92 Å².